The van der Waals surface area contributed by atoms with Crippen molar-refractivity contribution in [2.75, 3.05) is 14.2 Å². The summed E-state index contributed by atoms with van der Waals surface area (Å²) >= 11 is 0. The van der Waals surface area contributed by atoms with Crippen molar-refractivity contribution in [1.29, 1.82) is 0 Å². The molecule has 0 bridgehead atoms. The predicted molar refractivity (Wildman–Crippen MR) is 100 cm³/mol. The zero-order valence-electron chi connectivity index (χ0n) is 15.8. The fourth-order valence-electron chi connectivity index (χ4n) is 3.10. The molecule has 0 spiro atoms. The number of ether oxygens (including phenoxy) is 2. The third kappa shape index (κ3) is 4.33. The number of carboxylic acids is 1. The van der Waals surface area contributed by atoms with Crippen molar-refractivity contribution in [1.82, 2.24) is 5.01 Å². The van der Waals surface area contributed by atoms with Gasteiger partial charge in [0.05, 0.1) is 26.2 Å². The van der Waals surface area contributed by atoms with Crippen molar-refractivity contribution in [3.05, 3.63) is 47.9 Å². The van der Waals surface area contributed by atoms with E-state index in [1.807, 2.05) is 12.1 Å². The van der Waals surface area contributed by atoms with Crippen LogP contribution < -0.4 is 9.47 Å². The summed E-state index contributed by atoms with van der Waals surface area (Å²) in [6.07, 6.45) is 2.31. The molecule has 1 atom stereocenters. The summed E-state index contributed by atoms with van der Waals surface area (Å²) in [5, 5.41) is 14.7. The molecule has 1 aromatic heterocycles. The largest absolute Gasteiger partial charge is 0.497 e. The Bertz CT molecular complexity index is 853. The van der Waals surface area contributed by atoms with Gasteiger partial charge in [0, 0.05) is 30.9 Å². The lowest BCUT2D eigenvalue weighted by Gasteiger charge is -2.19. The molecule has 1 aliphatic rings. The number of aliphatic carboxylic acids is 1. The number of rotatable bonds is 8. The van der Waals surface area contributed by atoms with Crippen molar-refractivity contribution in [2.45, 2.75) is 31.7 Å². The number of carboxylic acid groups (broad SMARTS) is 1. The van der Waals surface area contributed by atoms with Gasteiger partial charge in [-0.3, -0.25) is 9.59 Å². The van der Waals surface area contributed by atoms with E-state index in [1.165, 1.54) is 5.01 Å². The molecule has 1 aromatic carbocycles. The van der Waals surface area contributed by atoms with Crippen LogP contribution in [0.15, 0.2) is 46.1 Å². The second-order valence-electron chi connectivity index (χ2n) is 6.37. The summed E-state index contributed by atoms with van der Waals surface area (Å²) in [5.41, 5.74) is 1.48. The Labute approximate surface area is 162 Å². The van der Waals surface area contributed by atoms with Gasteiger partial charge in [-0.1, -0.05) is 0 Å². The fraction of sp³-hybridized carbons (Fsp3) is 0.350. The van der Waals surface area contributed by atoms with Crippen LogP contribution in [0.4, 0.5) is 0 Å². The van der Waals surface area contributed by atoms with Crippen LogP contribution in [0.5, 0.6) is 11.5 Å². The molecule has 1 aliphatic heterocycles. The van der Waals surface area contributed by atoms with Crippen molar-refractivity contribution in [3.8, 4) is 11.5 Å². The first kappa shape index (κ1) is 19.5. The maximum atomic E-state index is 12.7. The molecular formula is C20H22N2O6. The molecule has 1 N–H and O–H groups in total. The Balaban J connectivity index is 1.88. The van der Waals surface area contributed by atoms with E-state index in [2.05, 4.69) is 5.10 Å². The van der Waals surface area contributed by atoms with E-state index in [9.17, 15) is 9.59 Å². The number of hydrogen-bond donors (Lipinski definition) is 1. The van der Waals surface area contributed by atoms with Gasteiger partial charge in [-0.2, -0.15) is 5.10 Å². The first-order valence-electron chi connectivity index (χ1n) is 8.90. The minimum Gasteiger partial charge on any atom is -0.497 e. The quantitative estimate of drug-likeness (QED) is 0.747. The number of amides is 1. The van der Waals surface area contributed by atoms with Crippen molar-refractivity contribution in [3.63, 3.8) is 0 Å². The van der Waals surface area contributed by atoms with Crippen LogP contribution in [0.25, 0.3) is 0 Å². The lowest BCUT2D eigenvalue weighted by molar-refractivity contribution is -0.137. The molecule has 0 saturated carbocycles. The maximum absolute atomic E-state index is 12.7. The first-order valence-corrected chi connectivity index (χ1v) is 8.90. The zero-order chi connectivity index (χ0) is 20.1. The summed E-state index contributed by atoms with van der Waals surface area (Å²) in [6.45, 7) is 0. The molecule has 8 nitrogen and oxygen atoms in total. The molecule has 0 radical (unpaired) electrons. The molecule has 0 fully saturated rings. The van der Waals surface area contributed by atoms with Crippen LogP contribution in [0.3, 0.4) is 0 Å². The van der Waals surface area contributed by atoms with Gasteiger partial charge in [0.1, 0.15) is 23.3 Å². The fourth-order valence-corrected chi connectivity index (χ4v) is 3.10. The molecule has 3 rings (SSSR count). The smallest absolute Gasteiger partial charge is 0.303 e. The SMILES string of the molecule is COc1cc(OC)cc(C2=NN(C(=O)CCCC(=O)O)[C@H](c3ccco3)C2)c1. The van der Waals surface area contributed by atoms with Gasteiger partial charge in [-0.25, -0.2) is 5.01 Å². The van der Waals surface area contributed by atoms with Crippen LogP contribution in [0, 0.1) is 0 Å². The van der Waals surface area contributed by atoms with Crippen LogP contribution in [-0.2, 0) is 9.59 Å². The normalized spacial score (nSPS) is 16.0. The van der Waals surface area contributed by atoms with E-state index in [4.69, 9.17) is 19.0 Å². The standard InChI is InChI=1S/C20H22N2O6/c1-26-14-9-13(10-15(11-14)27-2)16-12-17(18-5-4-8-28-18)22(21-16)19(23)6-3-7-20(24)25/h4-5,8-11,17H,3,6-7,12H2,1-2H3,(H,24,25)/t17-/m0/s1. The number of carbonyl (C=O) groups excluding carboxylic acids is 1. The number of methoxy groups -OCH3 is 2. The van der Waals surface area contributed by atoms with Gasteiger partial charge < -0.3 is 19.0 Å². The molecule has 148 valence electrons. The predicted octanol–water partition coefficient (Wildman–Crippen LogP) is 3.23. The van der Waals surface area contributed by atoms with Gasteiger partial charge in [0.15, 0.2) is 0 Å². The molecule has 1 amide bonds. The van der Waals surface area contributed by atoms with Crippen LogP contribution in [0.2, 0.25) is 0 Å². The van der Waals surface area contributed by atoms with Crippen molar-refractivity contribution in [2.24, 2.45) is 5.10 Å². The molecule has 0 saturated heterocycles. The minimum absolute atomic E-state index is 0.0609. The van der Waals surface area contributed by atoms with Crippen molar-refractivity contribution >= 4 is 17.6 Å². The van der Waals surface area contributed by atoms with E-state index < -0.39 is 5.97 Å². The number of hydrazone groups is 1. The van der Waals surface area contributed by atoms with E-state index in [-0.39, 0.29) is 31.2 Å². The third-order valence-corrected chi connectivity index (χ3v) is 4.50. The van der Waals surface area contributed by atoms with Gasteiger partial charge in [-0.05, 0) is 30.7 Å². The van der Waals surface area contributed by atoms with Gasteiger partial charge in [-0.15, -0.1) is 0 Å². The van der Waals surface area contributed by atoms with Gasteiger partial charge >= 0.3 is 5.97 Å². The Morgan fingerprint density at radius 1 is 1.21 bits per heavy atom. The number of benzene rings is 1. The van der Waals surface area contributed by atoms with Crippen LogP contribution >= 0.6 is 0 Å². The topological polar surface area (TPSA) is 102 Å². The highest BCUT2D eigenvalue weighted by atomic mass is 16.5. The lowest BCUT2D eigenvalue weighted by atomic mass is 10.0. The first-order chi connectivity index (χ1) is 13.5. The second kappa shape index (κ2) is 8.60. The van der Waals surface area contributed by atoms with Crippen LogP contribution in [-0.4, -0.2) is 41.9 Å². The summed E-state index contributed by atoms with van der Waals surface area (Å²) in [5.74, 6) is 0.702. The molecule has 2 aromatic rings. The van der Waals surface area contributed by atoms with Crippen molar-refractivity contribution < 1.29 is 28.6 Å². The Kier molecular flexibility index (Phi) is 5.98. The zero-order valence-corrected chi connectivity index (χ0v) is 15.8. The molecule has 8 heteroatoms. The number of carbonyl (C=O) groups is 2. The average molecular weight is 386 g/mol. The molecule has 2 heterocycles. The Hall–Kier alpha value is -3.29. The molecular weight excluding hydrogens is 364 g/mol. The Morgan fingerprint density at radius 2 is 1.93 bits per heavy atom. The second-order valence-corrected chi connectivity index (χ2v) is 6.37. The third-order valence-electron chi connectivity index (χ3n) is 4.50. The molecule has 28 heavy (non-hydrogen) atoms. The Morgan fingerprint density at radius 3 is 2.50 bits per heavy atom. The van der Waals surface area contributed by atoms with E-state index in [1.54, 1.807) is 38.7 Å². The van der Waals surface area contributed by atoms with E-state index in [0.29, 0.717) is 29.4 Å². The number of nitrogens with zero attached hydrogens (tertiary/aromatic N) is 2. The molecule has 0 unspecified atom stereocenters. The van der Waals surface area contributed by atoms with Gasteiger partial charge in [0.2, 0.25) is 5.91 Å². The van der Waals surface area contributed by atoms with Gasteiger partial charge in [0.25, 0.3) is 0 Å². The maximum Gasteiger partial charge on any atom is 0.303 e. The molecule has 0 aliphatic carbocycles. The van der Waals surface area contributed by atoms with E-state index >= 15 is 0 Å². The monoisotopic (exact) mass is 386 g/mol. The number of furan rings is 1. The highest BCUT2D eigenvalue weighted by molar-refractivity contribution is 6.03. The summed E-state index contributed by atoms with van der Waals surface area (Å²) in [6, 6.07) is 8.61. The highest BCUT2D eigenvalue weighted by Crippen LogP contribution is 2.35. The number of hydrogen-bond acceptors (Lipinski definition) is 6. The van der Waals surface area contributed by atoms with E-state index in [0.717, 1.165) is 5.56 Å². The summed E-state index contributed by atoms with van der Waals surface area (Å²) in [4.78, 5) is 23.4. The average Bonchev–Trinajstić information content (AvgIpc) is 3.36. The summed E-state index contributed by atoms with van der Waals surface area (Å²) in [7, 11) is 3.14. The lowest BCUT2D eigenvalue weighted by Crippen LogP contribution is -2.26. The highest BCUT2D eigenvalue weighted by Gasteiger charge is 2.34. The van der Waals surface area contributed by atoms with Crippen LogP contribution in [0.1, 0.15) is 43.0 Å². The minimum atomic E-state index is -0.926. The summed E-state index contributed by atoms with van der Waals surface area (Å²) < 4.78 is 16.1.